The summed E-state index contributed by atoms with van der Waals surface area (Å²) in [6.45, 7) is 1.19. The lowest BCUT2D eigenvalue weighted by molar-refractivity contribution is -0.385. The molecule has 0 saturated heterocycles. The van der Waals surface area contributed by atoms with Gasteiger partial charge in [0.15, 0.2) is 6.10 Å². The zero-order valence-corrected chi connectivity index (χ0v) is 22.5. The largest absolute Gasteiger partial charge is 0.497 e. The molecule has 0 radical (unpaired) electrons. The van der Waals surface area contributed by atoms with Crippen molar-refractivity contribution in [2.45, 2.75) is 24.1 Å². The molecule has 0 aliphatic rings. The molecule has 0 aromatic heterocycles. The molecule has 3 aromatic rings. The molecule has 15 heteroatoms. The van der Waals surface area contributed by atoms with E-state index in [1.54, 1.807) is 0 Å². The third kappa shape index (κ3) is 6.51. The van der Waals surface area contributed by atoms with Crippen molar-refractivity contribution in [1.82, 2.24) is 0 Å². The molecule has 0 aliphatic heterocycles. The number of hydrogen-bond donors (Lipinski definition) is 0. The van der Waals surface area contributed by atoms with E-state index in [1.165, 1.54) is 44.6 Å². The van der Waals surface area contributed by atoms with E-state index in [0.29, 0.717) is 11.8 Å². The fraction of sp³-hybridized carbons (Fsp3) is 0.200. The highest BCUT2D eigenvalue weighted by molar-refractivity contribution is 8.43. The van der Waals surface area contributed by atoms with E-state index in [2.05, 4.69) is 4.58 Å². The number of carbonyl (C=O) groups is 2. The molecular formula is C25H20ClF3N2O8S. The molecule has 0 N–H and O–H groups in total. The first kappa shape index (κ1) is 30.4. The van der Waals surface area contributed by atoms with Crippen molar-refractivity contribution in [2.24, 2.45) is 4.58 Å². The number of nitroso groups, excluding NO2 is 1. The minimum Gasteiger partial charge on any atom is -0.497 e. The Hall–Kier alpha value is -4.17. The van der Waals surface area contributed by atoms with E-state index in [4.69, 9.17) is 25.8 Å². The maximum atomic E-state index is 13.2. The summed E-state index contributed by atoms with van der Waals surface area (Å²) < 4.78 is 57.4. The van der Waals surface area contributed by atoms with Crippen molar-refractivity contribution >= 4 is 38.6 Å². The van der Waals surface area contributed by atoms with Crippen LogP contribution in [0, 0.1) is 15.0 Å². The Labute approximate surface area is 231 Å². The number of nitrogens with zero attached hydrogens (tertiary/aromatic N) is 2. The van der Waals surface area contributed by atoms with Gasteiger partial charge in [-0.25, -0.2) is 4.79 Å². The van der Waals surface area contributed by atoms with Gasteiger partial charge in [0.05, 0.1) is 22.6 Å². The molecule has 0 saturated carbocycles. The van der Waals surface area contributed by atoms with Crippen molar-refractivity contribution in [2.75, 3.05) is 13.4 Å². The average molecular weight is 601 g/mol. The lowest BCUT2D eigenvalue weighted by Gasteiger charge is -2.28. The summed E-state index contributed by atoms with van der Waals surface area (Å²) in [5.74, 6) is -1.24. The molecule has 0 bridgehead atoms. The Morgan fingerprint density at radius 1 is 1.05 bits per heavy atom. The Morgan fingerprint density at radius 3 is 2.20 bits per heavy atom. The van der Waals surface area contributed by atoms with E-state index in [0.717, 1.165) is 30.3 Å². The maximum absolute atomic E-state index is 13.2. The Bertz CT molecular complexity index is 1470. The second kappa shape index (κ2) is 11.9. The van der Waals surface area contributed by atoms with Crippen molar-refractivity contribution < 1.29 is 41.9 Å². The number of benzene rings is 3. The zero-order valence-electron chi connectivity index (χ0n) is 20.9. The van der Waals surface area contributed by atoms with Crippen LogP contribution in [0.1, 0.15) is 22.8 Å². The van der Waals surface area contributed by atoms with Gasteiger partial charge in [0.1, 0.15) is 22.8 Å². The van der Waals surface area contributed by atoms with Crippen LogP contribution in [0.25, 0.3) is 0 Å². The van der Waals surface area contributed by atoms with Crippen LogP contribution < -0.4 is 9.47 Å². The summed E-state index contributed by atoms with van der Waals surface area (Å²) >= 11 is 5.90. The van der Waals surface area contributed by atoms with Crippen molar-refractivity contribution in [3.63, 3.8) is 0 Å². The third-order valence-electron chi connectivity index (χ3n) is 5.55. The van der Waals surface area contributed by atoms with E-state index >= 15 is 0 Å². The second-order valence-corrected chi connectivity index (χ2v) is 11.4. The smallest absolute Gasteiger partial charge is 0.416 e. The molecule has 2 atom stereocenters. The SMILES string of the molecule is COc1ccc(S(C)(N=O)C(=O)C(C)OC(=O)c2cc(Oc3ccc(C(F)(F)F)cc3Cl)ccc2[N+](=O)[O-])cc1. The predicted molar refractivity (Wildman–Crippen MR) is 140 cm³/mol. The van der Waals surface area contributed by atoms with Crippen LogP contribution in [-0.4, -0.2) is 35.5 Å². The monoisotopic (exact) mass is 600 g/mol. The van der Waals surface area contributed by atoms with E-state index in [9.17, 15) is 37.8 Å². The number of hydrogen-bond acceptors (Lipinski definition) is 9. The number of esters is 1. The Morgan fingerprint density at radius 2 is 1.68 bits per heavy atom. The highest BCUT2D eigenvalue weighted by Crippen LogP contribution is 2.55. The van der Waals surface area contributed by atoms with Gasteiger partial charge in [0.25, 0.3) is 5.69 Å². The summed E-state index contributed by atoms with van der Waals surface area (Å²) in [5.41, 5.74) is -2.34. The van der Waals surface area contributed by atoms with Gasteiger partial charge in [0, 0.05) is 17.0 Å². The van der Waals surface area contributed by atoms with Crippen LogP contribution >= 0.6 is 21.8 Å². The molecule has 0 fully saturated rings. The number of ether oxygens (including phenoxy) is 3. The van der Waals surface area contributed by atoms with Crippen LogP contribution in [0.4, 0.5) is 18.9 Å². The number of rotatable bonds is 9. The van der Waals surface area contributed by atoms with Crippen molar-refractivity contribution in [3.8, 4) is 17.2 Å². The molecule has 10 nitrogen and oxygen atoms in total. The molecule has 0 heterocycles. The molecule has 0 aliphatic carbocycles. The molecule has 0 spiro atoms. The Balaban J connectivity index is 1.87. The van der Waals surface area contributed by atoms with Gasteiger partial charge < -0.3 is 14.2 Å². The van der Waals surface area contributed by atoms with Gasteiger partial charge in [0.2, 0.25) is 5.12 Å². The summed E-state index contributed by atoms with van der Waals surface area (Å²) in [7, 11) is -1.60. The van der Waals surface area contributed by atoms with E-state index in [1.807, 2.05) is 0 Å². The number of halogens is 4. The number of carbonyl (C=O) groups excluding carboxylic acids is 2. The van der Waals surface area contributed by atoms with Crippen LogP contribution in [0.2, 0.25) is 5.02 Å². The van der Waals surface area contributed by atoms with Gasteiger partial charge in [-0.3, -0.25) is 14.9 Å². The van der Waals surface area contributed by atoms with Crippen molar-refractivity contribution in [1.29, 1.82) is 0 Å². The zero-order chi connectivity index (χ0) is 29.8. The lowest BCUT2D eigenvalue weighted by Crippen LogP contribution is -2.28. The highest BCUT2D eigenvalue weighted by Gasteiger charge is 2.38. The number of nitro groups is 1. The minimum absolute atomic E-state index is 0.193. The van der Waals surface area contributed by atoms with Gasteiger partial charge in [-0.2, -0.15) is 13.2 Å². The summed E-state index contributed by atoms with van der Waals surface area (Å²) in [6, 6.07) is 11.2. The molecule has 0 amide bonds. The predicted octanol–water partition coefficient (Wildman–Crippen LogP) is 7.31. The topological polar surface area (TPSA) is 134 Å². The molecule has 3 aromatic carbocycles. The van der Waals surface area contributed by atoms with Gasteiger partial charge in [-0.05, 0) is 76.5 Å². The lowest BCUT2D eigenvalue weighted by atomic mass is 10.1. The van der Waals surface area contributed by atoms with E-state index in [-0.39, 0.29) is 16.4 Å². The fourth-order valence-electron chi connectivity index (χ4n) is 3.42. The Kier molecular flexibility index (Phi) is 9.05. The van der Waals surface area contributed by atoms with Crippen LogP contribution in [0.15, 0.2) is 70.1 Å². The number of methoxy groups -OCH3 is 1. The second-order valence-electron chi connectivity index (χ2n) is 8.17. The van der Waals surface area contributed by atoms with Gasteiger partial charge in [-0.15, -0.1) is 4.91 Å². The van der Waals surface area contributed by atoms with E-state index < -0.39 is 60.3 Å². The first-order valence-electron chi connectivity index (χ1n) is 11.1. The number of alkyl halides is 3. The van der Waals surface area contributed by atoms with Gasteiger partial charge >= 0.3 is 12.1 Å². The fourth-order valence-corrected chi connectivity index (χ4v) is 5.39. The third-order valence-corrected chi connectivity index (χ3v) is 8.45. The summed E-state index contributed by atoms with van der Waals surface area (Å²) in [6.07, 6.45) is -4.88. The van der Waals surface area contributed by atoms with Crippen molar-refractivity contribution in [3.05, 3.63) is 91.8 Å². The summed E-state index contributed by atoms with van der Waals surface area (Å²) in [5, 5.41) is 10.3. The highest BCUT2D eigenvalue weighted by atomic mass is 35.5. The minimum atomic E-state index is -4.65. The quantitative estimate of drug-likeness (QED) is 0.108. The number of nitro benzene ring substituents is 1. The summed E-state index contributed by atoms with van der Waals surface area (Å²) in [4.78, 5) is 48.8. The molecule has 2 unspecified atom stereocenters. The first-order valence-corrected chi connectivity index (χ1v) is 13.4. The standard InChI is InChI=1S/C25H20ClF3N2O8S/c1-14(24(33)40(3,30-34)18-8-5-16(37-2)6-9-18)38-23(32)19-13-17(7-10-21(19)31(35)36)39-22-11-4-15(12-20(22)26)25(27,28)29/h4-14H,1-3H3. The van der Waals surface area contributed by atoms with Crippen LogP contribution in [0.5, 0.6) is 17.2 Å². The van der Waals surface area contributed by atoms with Gasteiger partial charge in [-0.1, -0.05) is 11.6 Å². The van der Waals surface area contributed by atoms with Crippen LogP contribution in [0.3, 0.4) is 0 Å². The first-order chi connectivity index (χ1) is 18.7. The maximum Gasteiger partial charge on any atom is 0.416 e. The molecule has 212 valence electrons. The van der Waals surface area contributed by atoms with Crippen LogP contribution in [-0.2, 0) is 15.7 Å². The molecule has 3 rings (SSSR count). The average Bonchev–Trinajstić information content (AvgIpc) is 2.92. The molecular weight excluding hydrogens is 581 g/mol. The normalized spacial score (nSPS) is 14.3. The molecule has 40 heavy (non-hydrogen) atoms.